The highest BCUT2D eigenvalue weighted by molar-refractivity contribution is 9.09. The van der Waals surface area contributed by atoms with Gasteiger partial charge in [-0.25, -0.2) is 0 Å². The predicted molar refractivity (Wildman–Crippen MR) is 58.2 cm³/mol. The molecule has 0 spiro atoms. The lowest BCUT2D eigenvalue weighted by Gasteiger charge is -2.18. The van der Waals surface area contributed by atoms with E-state index in [1.54, 1.807) is 0 Å². The maximum atomic E-state index is 5.85. The van der Waals surface area contributed by atoms with Crippen LogP contribution in [0.1, 0.15) is 45.4 Å². The van der Waals surface area contributed by atoms with Crippen LogP contribution < -0.4 is 0 Å². The average Bonchev–Trinajstić information content (AvgIpc) is 2.64. The third kappa shape index (κ3) is 2.47. The second-order valence-corrected chi connectivity index (χ2v) is 5.76. The number of halogens is 1. The van der Waals surface area contributed by atoms with E-state index in [4.69, 9.17) is 4.74 Å². The van der Waals surface area contributed by atoms with E-state index in [2.05, 4.69) is 22.9 Å². The zero-order chi connectivity index (χ0) is 9.26. The highest BCUT2D eigenvalue weighted by Crippen LogP contribution is 2.37. The lowest BCUT2D eigenvalue weighted by molar-refractivity contribution is 0.0419. The standard InChI is InChI=1S/C11H19BrO/c1-8-5-6-10(13-8)7-9-3-2-4-11(9)12/h8-11H,2-7H2,1H3. The molecule has 2 aliphatic rings. The minimum absolute atomic E-state index is 0.514. The topological polar surface area (TPSA) is 9.23 Å². The van der Waals surface area contributed by atoms with Gasteiger partial charge in [0.05, 0.1) is 12.2 Å². The van der Waals surface area contributed by atoms with E-state index >= 15 is 0 Å². The van der Waals surface area contributed by atoms with Crippen molar-refractivity contribution in [2.45, 2.75) is 62.5 Å². The Balaban J connectivity index is 1.77. The normalized spacial score (nSPS) is 45.7. The molecule has 1 saturated heterocycles. The van der Waals surface area contributed by atoms with Crippen LogP contribution in [0, 0.1) is 5.92 Å². The smallest absolute Gasteiger partial charge is 0.0582 e. The molecule has 0 aromatic rings. The number of ether oxygens (including phenoxy) is 1. The molecule has 2 heteroatoms. The second-order valence-electron chi connectivity index (χ2n) is 4.59. The van der Waals surface area contributed by atoms with Gasteiger partial charge in [-0.05, 0) is 44.9 Å². The summed E-state index contributed by atoms with van der Waals surface area (Å²) >= 11 is 3.77. The van der Waals surface area contributed by atoms with E-state index in [1.807, 2.05) is 0 Å². The molecule has 4 unspecified atom stereocenters. The summed E-state index contributed by atoms with van der Waals surface area (Å²) in [6, 6.07) is 0. The minimum atomic E-state index is 0.514. The van der Waals surface area contributed by atoms with Gasteiger partial charge in [0, 0.05) is 4.83 Å². The Morgan fingerprint density at radius 1 is 1.23 bits per heavy atom. The van der Waals surface area contributed by atoms with Crippen molar-refractivity contribution < 1.29 is 4.74 Å². The number of hydrogen-bond donors (Lipinski definition) is 0. The molecule has 2 rings (SSSR count). The molecule has 0 aromatic carbocycles. The summed E-state index contributed by atoms with van der Waals surface area (Å²) in [6.45, 7) is 2.19. The summed E-state index contributed by atoms with van der Waals surface area (Å²) in [4.78, 5) is 0.770. The Hall–Kier alpha value is 0.440. The molecule has 1 nitrogen and oxygen atoms in total. The van der Waals surface area contributed by atoms with Crippen LogP contribution >= 0.6 is 15.9 Å². The predicted octanol–water partition coefficient (Wildman–Crippen LogP) is 3.51. The Labute approximate surface area is 89.4 Å². The van der Waals surface area contributed by atoms with Crippen LogP contribution in [0.3, 0.4) is 0 Å². The van der Waals surface area contributed by atoms with Gasteiger partial charge < -0.3 is 4.74 Å². The van der Waals surface area contributed by atoms with E-state index in [0.717, 1.165) is 10.7 Å². The first-order valence-electron chi connectivity index (χ1n) is 5.55. The zero-order valence-electron chi connectivity index (χ0n) is 8.34. The fraction of sp³-hybridized carbons (Fsp3) is 1.00. The molecule has 4 atom stereocenters. The molecule has 1 saturated carbocycles. The average molecular weight is 247 g/mol. The van der Waals surface area contributed by atoms with Crippen molar-refractivity contribution >= 4 is 15.9 Å². The van der Waals surface area contributed by atoms with Crippen LogP contribution in [0.15, 0.2) is 0 Å². The van der Waals surface area contributed by atoms with Gasteiger partial charge in [0.15, 0.2) is 0 Å². The van der Waals surface area contributed by atoms with Crippen LogP contribution in [-0.4, -0.2) is 17.0 Å². The Morgan fingerprint density at radius 2 is 2.08 bits per heavy atom. The first kappa shape index (κ1) is 9.97. The monoisotopic (exact) mass is 246 g/mol. The van der Waals surface area contributed by atoms with Gasteiger partial charge in [0.25, 0.3) is 0 Å². The molecule has 1 heterocycles. The van der Waals surface area contributed by atoms with Gasteiger partial charge >= 0.3 is 0 Å². The van der Waals surface area contributed by atoms with Crippen molar-refractivity contribution in [2.24, 2.45) is 5.92 Å². The minimum Gasteiger partial charge on any atom is -0.375 e. The van der Waals surface area contributed by atoms with E-state index in [0.29, 0.717) is 12.2 Å². The van der Waals surface area contributed by atoms with Gasteiger partial charge in [-0.3, -0.25) is 0 Å². The lowest BCUT2D eigenvalue weighted by atomic mass is 9.98. The van der Waals surface area contributed by atoms with Crippen molar-refractivity contribution in [2.75, 3.05) is 0 Å². The molecule has 0 bridgehead atoms. The van der Waals surface area contributed by atoms with Gasteiger partial charge in [-0.1, -0.05) is 22.4 Å². The van der Waals surface area contributed by atoms with Crippen LogP contribution in [-0.2, 0) is 4.74 Å². The molecule has 1 aliphatic carbocycles. The van der Waals surface area contributed by atoms with Crippen molar-refractivity contribution in [3.8, 4) is 0 Å². The molecule has 1 aliphatic heterocycles. The van der Waals surface area contributed by atoms with Crippen LogP contribution in [0.4, 0.5) is 0 Å². The van der Waals surface area contributed by atoms with Gasteiger partial charge in [0.1, 0.15) is 0 Å². The molecule has 0 radical (unpaired) electrons. The fourth-order valence-electron chi connectivity index (χ4n) is 2.65. The Bertz CT molecular complexity index is 171. The van der Waals surface area contributed by atoms with E-state index in [1.165, 1.54) is 38.5 Å². The van der Waals surface area contributed by atoms with Gasteiger partial charge in [-0.15, -0.1) is 0 Å². The molecule has 76 valence electrons. The van der Waals surface area contributed by atoms with E-state index < -0.39 is 0 Å². The molecule has 2 fully saturated rings. The summed E-state index contributed by atoms with van der Waals surface area (Å²) in [7, 11) is 0. The molecule has 0 amide bonds. The summed E-state index contributed by atoms with van der Waals surface area (Å²) in [5.74, 6) is 0.885. The van der Waals surface area contributed by atoms with Crippen molar-refractivity contribution in [3.05, 3.63) is 0 Å². The zero-order valence-corrected chi connectivity index (χ0v) is 9.92. The van der Waals surface area contributed by atoms with Crippen molar-refractivity contribution in [1.82, 2.24) is 0 Å². The van der Waals surface area contributed by atoms with Crippen molar-refractivity contribution in [3.63, 3.8) is 0 Å². The molecule has 0 aromatic heterocycles. The third-order valence-corrected chi connectivity index (χ3v) is 4.66. The first-order valence-corrected chi connectivity index (χ1v) is 6.47. The van der Waals surface area contributed by atoms with E-state index in [-0.39, 0.29) is 0 Å². The highest BCUT2D eigenvalue weighted by Gasteiger charge is 2.30. The lowest BCUT2D eigenvalue weighted by Crippen LogP contribution is -2.17. The number of hydrogen-bond acceptors (Lipinski definition) is 1. The second kappa shape index (κ2) is 4.31. The van der Waals surface area contributed by atoms with Gasteiger partial charge in [0.2, 0.25) is 0 Å². The third-order valence-electron chi connectivity index (χ3n) is 3.45. The maximum absolute atomic E-state index is 5.85. The molecule has 0 N–H and O–H groups in total. The van der Waals surface area contributed by atoms with Gasteiger partial charge in [-0.2, -0.15) is 0 Å². The largest absolute Gasteiger partial charge is 0.375 e. The maximum Gasteiger partial charge on any atom is 0.0582 e. The fourth-order valence-corrected chi connectivity index (χ4v) is 3.46. The number of alkyl halides is 1. The quantitative estimate of drug-likeness (QED) is 0.678. The SMILES string of the molecule is CC1CCC(CC2CCCC2Br)O1. The molecule has 13 heavy (non-hydrogen) atoms. The summed E-state index contributed by atoms with van der Waals surface area (Å²) in [5, 5.41) is 0. The molecular weight excluding hydrogens is 228 g/mol. The van der Waals surface area contributed by atoms with Crippen LogP contribution in [0.25, 0.3) is 0 Å². The summed E-state index contributed by atoms with van der Waals surface area (Å²) in [5.41, 5.74) is 0. The first-order chi connectivity index (χ1) is 6.25. The highest BCUT2D eigenvalue weighted by atomic mass is 79.9. The van der Waals surface area contributed by atoms with E-state index in [9.17, 15) is 0 Å². The van der Waals surface area contributed by atoms with Crippen molar-refractivity contribution in [1.29, 1.82) is 0 Å². The Kier molecular flexibility index (Phi) is 3.31. The summed E-state index contributed by atoms with van der Waals surface area (Å²) < 4.78 is 5.85. The number of rotatable bonds is 2. The molecular formula is C11H19BrO. The van der Waals surface area contributed by atoms with Crippen LogP contribution in [0.2, 0.25) is 0 Å². The van der Waals surface area contributed by atoms with Crippen LogP contribution in [0.5, 0.6) is 0 Å². The summed E-state index contributed by atoms with van der Waals surface area (Å²) in [6.07, 6.45) is 9.11. The Morgan fingerprint density at radius 3 is 2.62 bits per heavy atom.